The first-order valence-corrected chi connectivity index (χ1v) is 9.28. The van der Waals surface area contributed by atoms with Gasteiger partial charge < -0.3 is 15.0 Å². The molecule has 154 valence electrons. The Bertz CT molecular complexity index is 1100. The number of H-pyrrole nitrogens is 1. The number of benzene rings is 1. The summed E-state index contributed by atoms with van der Waals surface area (Å²) in [6.45, 7) is 1.48. The number of rotatable bonds is 4. The fourth-order valence-corrected chi connectivity index (χ4v) is 3.59. The van der Waals surface area contributed by atoms with E-state index in [1.54, 1.807) is 0 Å². The molecule has 1 amide bonds. The minimum atomic E-state index is -1.19. The van der Waals surface area contributed by atoms with Crippen LogP contribution in [0.3, 0.4) is 0 Å². The van der Waals surface area contributed by atoms with Crippen LogP contribution in [0.15, 0.2) is 21.7 Å². The predicted octanol–water partition coefficient (Wildman–Crippen LogP) is 1.60. The monoisotopic (exact) mass is 404 g/mol. The molecule has 2 aromatic rings. The van der Waals surface area contributed by atoms with Gasteiger partial charge in [0.1, 0.15) is 5.69 Å². The summed E-state index contributed by atoms with van der Waals surface area (Å²) in [7, 11) is 0. The average Bonchev–Trinajstić information content (AvgIpc) is 2.69. The number of carbonyl (C=O) groups excluding carboxylic acids is 2. The maximum atomic E-state index is 12.5. The number of nitro benzene ring substituents is 1. The summed E-state index contributed by atoms with van der Waals surface area (Å²) < 4.78 is 5.88. The normalized spacial score (nSPS) is 14.5. The van der Waals surface area contributed by atoms with Gasteiger partial charge in [0.25, 0.3) is 5.69 Å². The number of carbonyl (C=O) groups is 2. The van der Waals surface area contributed by atoms with Gasteiger partial charge in [0.15, 0.2) is 0 Å². The van der Waals surface area contributed by atoms with Crippen molar-refractivity contribution in [2.45, 2.75) is 45.1 Å². The van der Waals surface area contributed by atoms with E-state index in [1.807, 2.05) is 0 Å². The van der Waals surface area contributed by atoms with Crippen molar-refractivity contribution in [3.63, 3.8) is 0 Å². The SMILES string of the molecule is CCOC(=O)C(=O)Nc1cc2[nH]c(=O)c(=O)n(C3CCCCC3)c2cc1[N+](=O)[O-]. The highest BCUT2D eigenvalue weighted by atomic mass is 16.6. The van der Waals surface area contributed by atoms with Crippen molar-refractivity contribution >= 4 is 34.3 Å². The molecule has 0 aliphatic heterocycles. The number of anilines is 1. The fraction of sp³-hybridized carbons (Fsp3) is 0.444. The number of nitrogens with one attached hydrogen (secondary N) is 2. The van der Waals surface area contributed by atoms with Crippen LogP contribution in [0.25, 0.3) is 11.0 Å². The van der Waals surface area contributed by atoms with Crippen molar-refractivity contribution in [1.29, 1.82) is 0 Å². The molecule has 1 aromatic carbocycles. The first-order chi connectivity index (χ1) is 13.8. The molecule has 0 saturated heterocycles. The molecule has 1 heterocycles. The van der Waals surface area contributed by atoms with E-state index < -0.39 is 33.6 Å². The first-order valence-electron chi connectivity index (χ1n) is 9.28. The van der Waals surface area contributed by atoms with Crippen LogP contribution in [-0.4, -0.2) is 33.0 Å². The lowest BCUT2D eigenvalue weighted by Gasteiger charge is -2.25. The summed E-state index contributed by atoms with van der Waals surface area (Å²) in [5.74, 6) is -2.38. The molecule has 11 nitrogen and oxygen atoms in total. The number of hydrogen-bond acceptors (Lipinski definition) is 7. The molecule has 0 radical (unpaired) electrons. The second-order valence-corrected chi connectivity index (χ2v) is 6.74. The molecule has 1 aliphatic carbocycles. The van der Waals surface area contributed by atoms with Crippen LogP contribution >= 0.6 is 0 Å². The highest BCUT2D eigenvalue weighted by Crippen LogP contribution is 2.33. The summed E-state index contributed by atoms with van der Waals surface area (Å²) >= 11 is 0. The molecule has 0 atom stereocenters. The third-order valence-electron chi connectivity index (χ3n) is 4.88. The van der Waals surface area contributed by atoms with E-state index >= 15 is 0 Å². The quantitative estimate of drug-likeness (QED) is 0.339. The number of fused-ring (bicyclic) bond motifs is 1. The van der Waals surface area contributed by atoms with Crippen molar-refractivity contribution in [1.82, 2.24) is 9.55 Å². The topological polar surface area (TPSA) is 153 Å². The van der Waals surface area contributed by atoms with Crippen molar-refractivity contribution in [2.24, 2.45) is 0 Å². The Kier molecular flexibility index (Phi) is 5.76. The molecule has 1 fully saturated rings. The van der Waals surface area contributed by atoms with Gasteiger partial charge in [0.2, 0.25) is 0 Å². The molecular weight excluding hydrogens is 384 g/mol. The Hall–Kier alpha value is -3.50. The van der Waals surface area contributed by atoms with Crippen LogP contribution in [0.4, 0.5) is 11.4 Å². The van der Waals surface area contributed by atoms with Gasteiger partial charge in [-0.2, -0.15) is 0 Å². The molecule has 2 N–H and O–H groups in total. The second kappa shape index (κ2) is 8.25. The van der Waals surface area contributed by atoms with Crippen LogP contribution in [0.1, 0.15) is 45.1 Å². The Morgan fingerprint density at radius 2 is 1.97 bits per heavy atom. The fourth-order valence-electron chi connectivity index (χ4n) is 3.59. The summed E-state index contributed by atoms with van der Waals surface area (Å²) in [5, 5.41) is 13.7. The lowest BCUT2D eigenvalue weighted by molar-refractivity contribution is -0.383. The van der Waals surface area contributed by atoms with Gasteiger partial charge >= 0.3 is 23.0 Å². The zero-order valence-electron chi connectivity index (χ0n) is 15.7. The van der Waals surface area contributed by atoms with E-state index in [2.05, 4.69) is 15.0 Å². The highest BCUT2D eigenvalue weighted by Gasteiger charge is 2.25. The van der Waals surface area contributed by atoms with Gasteiger partial charge in [-0.05, 0) is 25.8 Å². The number of ether oxygens (including phenoxy) is 1. The molecule has 3 rings (SSSR count). The average molecular weight is 404 g/mol. The first kappa shape index (κ1) is 20.2. The zero-order valence-corrected chi connectivity index (χ0v) is 15.7. The molecule has 0 bridgehead atoms. The van der Waals surface area contributed by atoms with E-state index in [0.717, 1.165) is 25.3 Å². The van der Waals surface area contributed by atoms with Gasteiger partial charge in [0, 0.05) is 12.1 Å². The Balaban J connectivity index is 2.17. The van der Waals surface area contributed by atoms with E-state index in [4.69, 9.17) is 0 Å². The van der Waals surface area contributed by atoms with E-state index in [9.17, 15) is 29.3 Å². The van der Waals surface area contributed by atoms with E-state index in [1.165, 1.54) is 17.6 Å². The molecule has 0 spiro atoms. The second-order valence-electron chi connectivity index (χ2n) is 6.74. The predicted molar refractivity (Wildman–Crippen MR) is 103 cm³/mol. The Labute approximate surface area is 163 Å². The minimum absolute atomic E-state index is 0.0347. The number of amides is 1. The van der Waals surface area contributed by atoms with Crippen molar-refractivity contribution < 1.29 is 19.2 Å². The maximum absolute atomic E-state index is 12.5. The summed E-state index contributed by atoms with van der Waals surface area (Å²) in [4.78, 5) is 61.3. The van der Waals surface area contributed by atoms with E-state index in [-0.39, 0.29) is 29.4 Å². The van der Waals surface area contributed by atoms with Gasteiger partial charge in [-0.3, -0.25) is 29.1 Å². The van der Waals surface area contributed by atoms with Crippen LogP contribution in [-0.2, 0) is 14.3 Å². The third-order valence-corrected chi connectivity index (χ3v) is 4.88. The number of aromatic amines is 1. The number of aromatic nitrogens is 2. The van der Waals surface area contributed by atoms with Gasteiger partial charge in [0.05, 0.1) is 22.6 Å². The lowest BCUT2D eigenvalue weighted by atomic mass is 9.95. The largest absolute Gasteiger partial charge is 0.459 e. The lowest BCUT2D eigenvalue weighted by Crippen LogP contribution is -2.39. The van der Waals surface area contributed by atoms with Crippen LogP contribution in [0, 0.1) is 10.1 Å². The van der Waals surface area contributed by atoms with Crippen LogP contribution in [0.2, 0.25) is 0 Å². The Morgan fingerprint density at radius 1 is 1.28 bits per heavy atom. The molecule has 0 unspecified atom stereocenters. The van der Waals surface area contributed by atoms with Crippen LogP contribution in [0.5, 0.6) is 0 Å². The van der Waals surface area contributed by atoms with Crippen LogP contribution < -0.4 is 16.4 Å². The molecule has 1 aromatic heterocycles. The molecule has 29 heavy (non-hydrogen) atoms. The molecule has 1 saturated carbocycles. The van der Waals surface area contributed by atoms with E-state index in [0.29, 0.717) is 12.8 Å². The van der Waals surface area contributed by atoms with Gasteiger partial charge in [-0.1, -0.05) is 19.3 Å². The van der Waals surface area contributed by atoms with Gasteiger partial charge in [-0.25, -0.2) is 4.79 Å². The van der Waals surface area contributed by atoms with Gasteiger partial charge in [-0.15, -0.1) is 0 Å². The number of hydrogen-bond donors (Lipinski definition) is 2. The summed E-state index contributed by atoms with van der Waals surface area (Å²) in [6, 6.07) is 2.06. The molecule has 1 aliphatic rings. The van der Waals surface area contributed by atoms with Crippen molar-refractivity contribution in [2.75, 3.05) is 11.9 Å². The maximum Gasteiger partial charge on any atom is 0.397 e. The summed E-state index contributed by atoms with van der Waals surface area (Å²) in [6.07, 6.45) is 4.18. The number of nitro groups is 1. The molecule has 11 heteroatoms. The minimum Gasteiger partial charge on any atom is -0.459 e. The number of nitrogens with zero attached hydrogens (tertiary/aromatic N) is 2. The highest BCUT2D eigenvalue weighted by molar-refractivity contribution is 6.37. The zero-order chi connectivity index (χ0) is 21.1. The number of esters is 1. The van der Waals surface area contributed by atoms with Crippen molar-refractivity contribution in [3.8, 4) is 0 Å². The third kappa shape index (κ3) is 4.03. The smallest absolute Gasteiger partial charge is 0.397 e. The standard InChI is InChI=1S/C18H20N4O7/c1-2-29-18(26)16(24)20-12-8-11-13(9-14(12)22(27)28)21(17(25)15(23)19-11)10-6-4-3-5-7-10/h8-10H,2-7H2,1H3,(H,19,23)(H,20,24). The summed E-state index contributed by atoms with van der Waals surface area (Å²) in [5.41, 5.74) is -2.09. The molecular formula is C18H20N4O7. The Morgan fingerprint density at radius 3 is 2.59 bits per heavy atom. The van der Waals surface area contributed by atoms with Crippen molar-refractivity contribution in [3.05, 3.63) is 43.0 Å².